The Balaban J connectivity index is 1.71. The van der Waals surface area contributed by atoms with E-state index in [1.54, 1.807) is 0 Å². The smallest absolute Gasteiger partial charge is 0.137 e. The van der Waals surface area contributed by atoms with Crippen molar-refractivity contribution in [3.63, 3.8) is 0 Å². The van der Waals surface area contributed by atoms with Gasteiger partial charge in [0, 0.05) is 31.5 Å². The first kappa shape index (κ1) is 13.6. The quantitative estimate of drug-likeness (QED) is 0.910. The summed E-state index contributed by atoms with van der Waals surface area (Å²) in [4.78, 5) is 4.70. The molecule has 0 radical (unpaired) electrons. The fraction of sp³-hybridized carbons (Fsp3) is 0.562. The summed E-state index contributed by atoms with van der Waals surface area (Å²) in [6, 6.07) is 6.07. The molecule has 0 amide bonds. The normalized spacial score (nSPS) is 22.9. The van der Waals surface area contributed by atoms with Crippen molar-refractivity contribution in [2.75, 3.05) is 19.7 Å². The van der Waals surface area contributed by atoms with E-state index in [0.717, 1.165) is 37.5 Å². The largest absolute Gasteiger partial charge is 0.371 e. The van der Waals surface area contributed by atoms with Gasteiger partial charge in [-0.1, -0.05) is 19.9 Å². The van der Waals surface area contributed by atoms with Crippen molar-refractivity contribution in [1.29, 1.82) is 0 Å². The van der Waals surface area contributed by atoms with E-state index >= 15 is 0 Å². The molecular weight excluding hydrogens is 250 g/mol. The number of ether oxygens (including phenoxy) is 1. The Labute approximate surface area is 120 Å². The summed E-state index contributed by atoms with van der Waals surface area (Å²) in [6.07, 6.45) is 5.38. The molecule has 1 aliphatic rings. The van der Waals surface area contributed by atoms with Gasteiger partial charge in [0.15, 0.2) is 0 Å². The summed E-state index contributed by atoms with van der Waals surface area (Å²) >= 11 is 0. The Hall–Kier alpha value is -1.39. The highest BCUT2D eigenvalue weighted by Gasteiger charge is 2.31. The van der Waals surface area contributed by atoms with Gasteiger partial charge in [-0.25, -0.2) is 4.98 Å². The van der Waals surface area contributed by atoms with Crippen LogP contribution in [0.1, 0.15) is 32.1 Å². The van der Waals surface area contributed by atoms with Crippen molar-refractivity contribution < 1.29 is 4.74 Å². The van der Waals surface area contributed by atoms with Crippen LogP contribution in [0.2, 0.25) is 0 Å². The molecule has 3 rings (SSSR count). The summed E-state index contributed by atoms with van der Waals surface area (Å²) in [6.45, 7) is 7.38. The fourth-order valence-corrected chi connectivity index (χ4v) is 2.82. The molecule has 1 saturated heterocycles. The predicted octanol–water partition coefficient (Wildman–Crippen LogP) is 2.66. The molecule has 0 aromatic carbocycles. The Morgan fingerprint density at radius 3 is 3.15 bits per heavy atom. The van der Waals surface area contributed by atoms with Crippen LogP contribution in [0.25, 0.3) is 5.65 Å². The van der Waals surface area contributed by atoms with Crippen LogP contribution in [0.4, 0.5) is 0 Å². The molecule has 2 aromatic heterocycles. The molecule has 0 saturated carbocycles. The SMILES string of the molecule is CC(C)CNCC1CCOC1c1cn2ccccc2n1. The minimum absolute atomic E-state index is 0.134. The molecule has 3 heterocycles. The molecule has 0 bridgehead atoms. The molecule has 2 unspecified atom stereocenters. The van der Waals surface area contributed by atoms with Gasteiger partial charge in [-0.05, 0) is 31.0 Å². The second kappa shape index (κ2) is 5.94. The third-order valence-corrected chi connectivity index (χ3v) is 3.85. The van der Waals surface area contributed by atoms with Gasteiger partial charge < -0.3 is 14.5 Å². The highest BCUT2D eigenvalue weighted by molar-refractivity contribution is 5.40. The van der Waals surface area contributed by atoms with Crippen LogP contribution in [0.5, 0.6) is 0 Å². The molecule has 1 N–H and O–H groups in total. The van der Waals surface area contributed by atoms with Gasteiger partial charge in [0.05, 0.1) is 5.69 Å². The number of fused-ring (bicyclic) bond motifs is 1. The van der Waals surface area contributed by atoms with Gasteiger partial charge in [-0.15, -0.1) is 0 Å². The lowest BCUT2D eigenvalue weighted by atomic mass is 9.99. The monoisotopic (exact) mass is 273 g/mol. The fourth-order valence-electron chi connectivity index (χ4n) is 2.82. The minimum atomic E-state index is 0.134. The van der Waals surface area contributed by atoms with Crippen LogP contribution < -0.4 is 5.32 Å². The van der Waals surface area contributed by atoms with Gasteiger partial charge in [-0.3, -0.25) is 0 Å². The first-order valence-corrected chi connectivity index (χ1v) is 7.50. The molecule has 20 heavy (non-hydrogen) atoms. The van der Waals surface area contributed by atoms with Crippen LogP contribution in [0.15, 0.2) is 30.6 Å². The standard InChI is InChI=1S/C16H23N3O/c1-12(2)9-17-10-13-6-8-20-16(13)14-11-19-7-4-3-5-15(19)18-14/h3-5,7,11-13,16-17H,6,8-10H2,1-2H3. The maximum atomic E-state index is 5.92. The first-order chi connectivity index (χ1) is 9.74. The van der Waals surface area contributed by atoms with Gasteiger partial charge in [0.2, 0.25) is 0 Å². The van der Waals surface area contributed by atoms with Gasteiger partial charge in [-0.2, -0.15) is 0 Å². The van der Waals surface area contributed by atoms with Gasteiger partial charge >= 0.3 is 0 Å². The number of rotatable bonds is 5. The number of hydrogen-bond acceptors (Lipinski definition) is 3. The Morgan fingerprint density at radius 1 is 1.45 bits per heavy atom. The van der Waals surface area contributed by atoms with E-state index in [-0.39, 0.29) is 6.10 Å². The average molecular weight is 273 g/mol. The molecule has 0 aliphatic carbocycles. The molecular formula is C16H23N3O. The second-order valence-electron chi connectivity index (χ2n) is 6.02. The van der Waals surface area contributed by atoms with Crippen molar-refractivity contribution >= 4 is 5.65 Å². The van der Waals surface area contributed by atoms with Crippen LogP contribution in [0, 0.1) is 11.8 Å². The number of imidazole rings is 1. The topological polar surface area (TPSA) is 38.6 Å². The van der Waals surface area contributed by atoms with Crippen LogP contribution >= 0.6 is 0 Å². The van der Waals surface area contributed by atoms with E-state index in [1.165, 1.54) is 0 Å². The van der Waals surface area contributed by atoms with E-state index in [9.17, 15) is 0 Å². The summed E-state index contributed by atoms with van der Waals surface area (Å²) < 4.78 is 7.99. The predicted molar refractivity (Wildman–Crippen MR) is 79.7 cm³/mol. The minimum Gasteiger partial charge on any atom is -0.371 e. The van der Waals surface area contributed by atoms with Crippen molar-refractivity contribution in [3.8, 4) is 0 Å². The molecule has 1 aliphatic heterocycles. The van der Waals surface area contributed by atoms with Gasteiger partial charge in [0.25, 0.3) is 0 Å². The average Bonchev–Trinajstić information content (AvgIpc) is 3.03. The highest BCUT2D eigenvalue weighted by Crippen LogP contribution is 2.33. The van der Waals surface area contributed by atoms with E-state index in [2.05, 4.69) is 29.8 Å². The van der Waals surface area contributed by atoms with Crippen molar-refractivity contribution in [1.82, 2.24) is 14.7 Å². The van der Waals surface area contributed by atoms with Crippen molar-refractivity contribution in [3.05, 3.63) is 36.3 Å². The molecule has 2 atom stereocenters. The molecule has 0 spiro atoms. The summed E-state index contributed by atoms with van der Waals surface area (Å²) in [5, 5.41) is 3.55. The van der Waals surface area contributed by atoms with E-state index in [0.29, 0.717) is 11.8 Å². The molecule has 2 aromatic rings. The maximum absolute atomic E-state index is 5.92. The summed E-state index contributed by atoms with van der Waals surface area (Å²) in [5.74, 6) is 1.21. The number of nitrogens with zero attached hydrogens (tertiary/aromatic N) is 2. The zero-order valence-corrected chi connectivity index (χ0v) is 12.2. The molecule has 1 fully saturated rings. The zero-order valence-electron chi connectivity index (χ0n) is 12.2. The number of aromatic nitrogens is 2. The second-order valence-corrected chi connectivity index (χ2v) is 6.02. The Bertz CT molecular complexity index is 531. The van der Waals surface area contributed by atoms with Crippen LogP contribution in [0.3, 0.4) is 0 Å². The van der Waals surface area contributed by atoms with E-state index in [1.807, 2.05) is 24.4 Å². The zero-order chi connectivity index (χ0) is 13.9. The van der Waals surface area contributed by atoms with Crippen LogP contribution in [-0.4, -0.2) is 29.1 Å². The summed E-state index contributed by atoms with van der Waals surface area (Å²) in [5.41, 5.74) is 2.05. The maximum Gasteiger partial charge on any atom is 0.137 e. The Kier molecular flexibility index (Phi) is 4.03. The molecule has 4 nitrogen and oxygen atoms in total. The number of hydrogen-bond donors (Lipinski definition) is 1. The molecule has 4 heteroatoms. The first-order valence-electron chi connectivity index (χ1n) is 7.50. The lowest BCUT2D eigenvalue weighted by molar-refractivity contribution is 0.0873. The molecule has 108 valence electrons. The number of pyridine rings is 1. The lowest BCUT2D eigenvalue weighted by Crippen LogP contribution is -2.28. The van der Waals surface area contributed by atoms with Crippen LogP contribution in [-0.2, 0) is 4.74 Å². The Morgan fingerprint density at radius 2 is 2.35 bits per heavy atom. The van der Waals surface area contributed by atoms with Crippen molar-refractivity contribution in [2.45, 2.75) is 26.4 Å². The lowest BCUT2D eigenvalue weighted by Gasteiger charge is -2.18. The van der Waals surface area contributed by atoms with E-state index in [4.69, 9.17) is 9.72 Å². The highest BCUT2D eigenvalue weighted by atomic mass is 16.5. The van der Waals surface area contributed by atoms with E-state index < -0.39 is 0 Å². The summed E-state index contributed by atoms with van der Waals surface area (Å²) in [7, 11) is 0. The number of nitrogens with one attached hydrogen (secondary N) is 1. The van der Waals surface area contributed by atoms with Gasteiger partial charge in [0.1, 0.15) is 11.8 Å². The van der Waals surface area contributed by atoms with Crippen molar-refractivity contribution in [2.24, 2.45) is 11.8 Å². The third kappa shape index (κ3) is 2.86. The third-order valence-electron chi connectivity index (χ3n) is 3.85.